The summed E-state index contributed by atoms with van der Waals surface area (Å²) in [4.78, 5) is 7.17. The summed E-state index contributed by atoms with van der Waals surface area (Å²) in [5.74, 6) is 1.80. The number of halogens is 1. The lowest BCUT2D eigenvalue weighted by molar-refractivity contribution is 0.485. The summed E-state index contributed by atoms with van der Waals surface area (Å²) in [6.45, 7) is 5.47. The molecule has 0 spiro atoms. The van der Waals surface area contributed by atoms with Crippen molar-refractivity contribution in [3.8, 4) is 11.8 Å². The zero-order chi connectivity index (χ0) is 23.2. The average Bonchev–Trinajstić information content (AvgIpc) is 3.55. The van der Waals surface area contributed by atoms with Gasteiger partial charge in [-0.3, -0.25) is 9.67 Å². The highest BCUT2D eigenvalue weighted by atomic mass is 127. The van der Waals surface area contributed by atoms with Crippen molar-refractivity contribution in [2.24, 2.45) is 12.0 Å². The number of anilines is 1. The first-order valence-electron chi connectivity index (χ1n) is 11.5. The fourth-order valence-corrected chi connectivity index (χ4v) is 4.27. The molecule has 4 rings (SSSR count). The number of aliphatic imine (C=N–C) groups is 1. The zero-order valence-corrected chi connectivity index (χ0v) is 22.0. The number of hydrogen-bond acceptors (Lipinski definition) is 5. The first-order valence-corrected chi connectivity index (χ1v) is 11.5. The molecule has 1 aromatic carbocycles. The van der Waals surface area contributed by atoms with Crippen LogP contribution < -0.4 is 11.1 Å². The summed E-state index contributed by atoms with van der Waals surface area (Å²) in [5.41, 5.74) is 9.52. The van der Waals surface area contributed by atoms with Crippen molar-refractivity contribution in [3.05, 3.63) is 59.5 Å². The van der Waals surface area contributed by atoms with Crippen LogP contribution in [-0.2, 0) is 13.5 Å². The van der Waals surface area contributed by atoms with E-state index in [9.17, 15) is 5.26 Å². The second-order valence-corrected chi connectivity index (χ2v) is 8.28. The monoisotopic (exact) mass is 573 g/mol. The molecule has 1 fully saturated rings. The lowest BCUT2D eigenvalue weighted by Gasteiger charge is -2.21. The highest BCUT2D eigenvalue weighted by Gasteiger charge is 2.27. The average molecular weight is 573 g/mol. The predicted molar refractivity (Wildman–Crippen MR) is 145 cm³/mol. The van der Waals surface area contributed by atoms with Crippen LogP contribution in [0, 0.1) is 11.3 Å². The Morgan fingerprint density at radius 2 is 2.12 bits per heavy atom. The van der Waals surface area contributed by atoms with Gasteiger partial charge in [0.15, 0.2) is 5.96 Å². The number of para-hydroxylation sites is 1. The van der Waals surface area contributed by atoms with E-state index in [0.717, 1.165) is 49.8 Å². The smallest absolute Gasteiger partial charge is 0.193 e. The minimum atomic E-state index is 0. The summed E-state index contributed by atoms with van der Waals surface area (Å²) in [5, 5.41) is 21.9. The van der Waals surface area contributed by atoms with Gasteiger partial charge in [-0.05, 0) is 43.9 Å². The number of hydrogen-bond donors (Lipinski definition) is 2. The van der Waals surface area contributed by atoms with Gasteiger partial charge in [0, 0.05) is 45.3 Å². The maximum atomic E-state index is 9.60. The van der Waals surface area contributed by atoms with Crippen LogP contribution in [0.25, 0.3) is 5.69 Å². The van der Waals surface area contributed by atoms with Crippen LogP contribution in [-0.4, -0.2) is 56.6 Å². The number of aromatic nitrogens is 4. The van der Waals surface area contributed by atoms with Gasteiger partial charge in [-0.2, -0.15) is 15.5 Å². The number of guanidine groups is 1. The van der Waals surface area contributed by atoms with Gasteiger partial charge in [-0.25, -0.2) is 4.68 Å². The minimum absolute atomic E-state index is 0. The van der Waals surface area contributed by atoms with E-state index in [-0.39, 0.29) is 24.0 Å². The Kier molecular flexibility index (Phi) is 8.92. The number of aryl methyl sites for hydroxylation is 2. The SMILES string of the molecule is CCNC(=NCCCc1nn(-c2ccccc2)c(N)c1C#N)N1CCC(c2cnn(C)c2)C1.I. The Labute approximate surface area is 217 Å². The summed E-state index contributed by atoms with van der Waals surface area (Å²) in [7, 11) is 1.95. The molecule has 3 heterocycles. The van der Waals surface area contributed by atoms with Crippen molar-refractivity contribution >= 4 is 35.8 Å². The van der Waals surface area contributed by atoms with E-state index in [4.69, 9.17) is 10.7 Å². The molecule has 10 heteroatoms. The lowest BCUT2D eigenvalue weighted by atomic mass is 10.0. The van der Waals surface area contributed by atoms with Gasteiger partial charge in [-0.1, -0.05) is 18.2 Å². The number of benzene rings is 1. The molecule has 9 nitrogen and oxygen atoms in total. The van der Waals surface area contributed by atoms with Crippen LogP contribution in [0.5, 0.6) is 0 Å². The third-order valence-electron chi connectivity index (χ3n) is 5.96. The van der Waals surface area contributed by atoms with E-state index < -0.39 is 0 Å². The minimum Gasteiger partial charge on any atom is -0.382 e. The van der Waals surface area contributed by atoms with Crippen LogP contribution in [0.15, 0.2) is 47.7 Å². The Morgan fingerprint density at radius 3 is 2.79 bits per heavy atom. The Morgan fingerprint density at radius 1 is 1.32 bits per heavy atom. The van der Waals surface area contributed by atoms with Crippen molar-refractivity contribution in [1.29, 1.82) is 5.26 Å². The molecule has 34 heavy (non-hydrogen) atoms. The Balaban J connectivity index is 0.00000324. The molecule has 0 radical (unpaired) electrons. The van der Waals surface area contributed by atoms with Gasteiger partial charge in [0.25, 0.3) is 0 Å². The molecule has 1 atom stereocenters. The molecule has 1 unspecified atom stereocenters. The van der Waals surface area contributed by atoms with Crippen molar-refractivity contribution in [2.45, 2.75) is 32.1 Å². The largest absolute Gasteiger partial charge is 0.382 e. The quantitative estimate of drug-likeness (QED) is 0.195. The van der Waals surface area contributed by atoms with Crippen molar-refractivity contribution in [2.75, 3.05) is 31.9 Å². The third kappa shape index (κ3) is 5.70. The molecule has 0 saturated carbocycles. The predicted octanol–water partition coefficient (Wildman–Crippen LogP) is 3.07. The molecule has 0 amide bonds. The number of likely N-dealkylation sites (tertiary alicyclic amines) is 1. The molecule has 3 N–H and O–H groups in total. The fraction of sp³-hybridized carbons (Fsp3) is 0.417. The van der Waals surface area contributed by atoms with E-state index in [2.05, 4.69) is 39.6 Å². The maximum Gasteiger partial charge on any atom is 0.193 e. The topological polar surface area (TPSA) is 113 Å². The molecule has 0 aliphatic carbocycles. The normalized spacial score (nSPS) is 15.7. The van der Waals surface area contributed by atoms with E-state index in [1.165, 1.54) is 5.56 Å². The van der Waals surface area contributed by atoms with Gasteiger partial charge in [0.2, 0.25) is 0 Å². The molecule has 1 aliphatic rings. The number of nitrogens with zero attached hydrogens (tertiary/aromatic N) is 7. The third-order valence-corrected chi connectivity index (χ3v) is 5.96. The number of nitrogens with one attached hydrogen (secondary N) is 1. The number of rotatable bonds is 7. The zero-order valence-electron chi connectivity index (χ0n) is 19.7. The highest BCUT2D eigenvalue weighted by molar-refractivity contribution is 14.0. The first kappa shape index (κ1) is 25.6. The summed E-state index contributed by atoms with van der Waals surface area (Å²) in [6.07, 6.45) is 6.59. The molecule has 0 bridgehead atoms. The van der Waals surface area contributed by atoms with Crippen molar-refractivity contribution in [3.63, 3.8) is 0 Å². The first-order chi connectivity index (χ1) is 16.1. The van der Waals surface area contributed by atoms with Crippen LogP contribution in [0.2, 0.25) is 0 Å². The van der Waals surface area contributed by atoms with Crippen molar-refractivity contribution in [1.82, 2.24) is 29.8 Å². The van der Waals surface area contributed by atoms with Gasteiger partial charge < -0.3 is 16.0 Å². The van der Waals surface area contributed by atoms with E-state index in [1.54, 1.807) is 4.68 Å². The van der Waals surface area contributed by atoms with Gasteiger partial charge in [0.05, 0.1) is 17.6 Å². The number of nitriles is 1. The molecule has 3 aromatic rings. The van der Waals surface area contributed by atoms with Crippen LogP contribution >= 0.6 is 24.0 Å². The molecule has 1 aliphatic heterocycles. The van der Waals surface area contributed by atoms with E-state index in [0.29, 0.717) is 30.3 Å². The Bertz CT molecular complexity index is 1140. The molecular weight excluding hydrogens is 541 g/mol. The van der Waals surface area contributed by atoms with E-state index >= 15 is 0 Å². The number of nitrogens with two attached hydrogens (primary N) is 1. The second kappa shape index (κ2) is 11.9. The van der Waals surface area contributed by atoms with Gasteiger partial charge in [-0.15, -0.1) is 24.0 Å². The van der Waals surface area contributed by atoms with E-state index in [1.807, 2.05) is 48.3 Å². The Hall–Kier alpha value is -3.07. The summed E-state index contributed by atoms with van der Waals surface area (Å²) >= 11 is 0. The van der Waals surface area contributed by atoms with Gasteiger partial charge in [0.1, 0.15) is 17.5 Å². The van der Waals surface area contributed by atoms with Crippen molar-refractivity contribution < 1.29 is 0 Å². The summed E-state index contributed by atoms with van der Waals surface area (Å²) < 4.78 is 3.50. The number of nitrogen functional groups attached to an aromatic ring is 1. The van der Waals surface area contributed by atoms with Crippen LogP contribution in [0.4, 0.5) is 5.82 Å². The lowest BCUT2D eigenvalue weighted by Crippen LogP contribution is -2.40. The highest BCUT2D eigenvalue weighted by Crippen LogP contribution is 2.27. The summed E-state index contributed by atoms with van der Waals surface area (Å²) in [6, 6.07) is 11.9. The standard InChI is InChI=1S/C24H31N9.HI/c1-3-27-24(32-13-11-18(17-32)19-15-29-31(2)16-19)28-12-7-10-22-21(14-25)23(26)33(30-22)20-8-5-4-6-9-20;/h4-6,8-9,15-16,18H,3,7,10-13,17,26H2,1-2H3,(H,27,28);1H. The molecular formula is C24H32IN9. The molecule has 2 aromatic heterocycles. The van der Waals surface area contributed by atoms with Gasteiger partial charge >= 0.3 is 0 Å². The molecule has 180 valence electrons. The maximum absolute atomic E-state index is 9.60. The van der Waals surface area contributed by atoms with Crippen LogP contribution in [0.3, 0.4) is 0 Å². The fourth-order valence-electron chi connectivity index (χ4n) is 4.27. The van der Waals surface area contributed by atoms with Crippen LogP contribution in [0.1, 0.15) is 42.5 Å². The molecule has 1 saturated heterocycles. The second-order valence-electron chi connectivity index (χ2n) is 8.28.